The lowest BCUT2D eigenvalue weighted by Gasteiger charge is -2.28. The summed E-state index contributed by atoms with van der Waals surface area (Å²) < 4.78 is 34.8. The molecule has 9 heteroatoms. The van der Waals surface area contributed by atoms with E-state index in [0.29, 0.717) is 24.1 Å². The number of ether oxygens (including phenoxy) is 2. The Hall–Kier alpha value is -2.06. The summed E-state index contributed by atoms with van der Waals surface area (Å²) in [6.07, 6.45) is 63.6. The maximum Gasteiger partial charge on any atom is 0.306 e. The molecule has 0 saturated carbocycles. The fourth-order valence-electron chi connectivity index (χ4n) is 7.16. The molecule has 0 bridgehead atoms. The maximum absolute atomic E-state index is 12.8. The van der Waals surface area contributed by atoms with Crippen LogP contribution in [0.25, 0.3) is 0 Å². The maximum atomic E-state index is 12.8. The minimum absolute atomic E-state index is 0.0195. The summed E-state index contributed by atoms with van der Waals surface area (Å²) >= 11 is 0. The molecular formula is C56H102NO7P. The zero-order valence-electron chi connectivity index (χ0n) is 42.9. The average Bonchev–Trinajstić information content (AvgIpc) is 3.27. The third kappa shape index (κ3) is 52.8. The summed E-state index contributed by atoms with van der Waals surface area (Å²) in [7, 11) is 1.34. The number of allylic oxidation sites excluding steroid dienone is 12. The fourth-order valence-corrected chi connectivity index (χ4v) is 7.89. The molecular weight excluding hydrogens is 830 g/mol. The van der Waals surface area contributed by atoms with Crippen LogP contribution in [0.5, 0.6) is 0 Å². The monoisotopic (exact) mass is 932 g/mol. The van der Waals surface area contributed by atoms with E-state index in [2.05, 4.69) is 86.8 Å². The third-order valence-corrected chi connectivity index (χ3v) is 12.2. The van der Waals surface area contributed by atoms with Gasteiger partial charge >= 0.3 is 5.97 Å². The van der Waals surface area contributed by atoms with E-state index in [1.807, 2.05) is 21.1 Å². The number of esters is 1. The van der Waals surface area contributed by atoms with Crippen LogP contribution in [-0.4, -0.2) is 70.7 Å². The lowest BCUT2D eigenvalue weighted by Crippen LogP contribution is -2.37. The van der Waals surface area contributed by atoms with Gasteiger partial charge in [0.1, 0.15) is 19.3 Å². The van der Waals surface area contributed by atoms with Crippen molar-refractivity contribution in [3.05, 3.63) is 72.9 Å². The Labute approximate surface area is 402 Å². The second-order valence-electron chi connectivity index (χ2n) is 18.9. The Bertz CT molecular complexity index is 1270. The molecule has 0 aromatic carbocycles. The highest BCUT2D eigenvalue weighted by molar-refractivity contribution is 7.45. The second kappa shape index (κ2) is 48.4. The van der Waals surface area contributed by atoms with Gasteiger partial charge in [-0.2, -0.15) is 0 Å². The molecule has 65 heavy (non-hydrogen) atoms. The van der Waals surface area contributed by atoms with E-state index in [9.17, 15) is 14.3 Å². The first-order chi connectivity index (χ1) is 31.6. The number of hydrogen-bond acceptors (Lipinski definition) is 7. The van der Waals surface area contributed by atoms with Gasteiger partial charge in [-0.15, -0.1) is 0 Å². The highest BCUT2D eigenvalue weighted by atomic mass is 31.2. The van der Waals surface area contributed by atoms with Gasteiger partial charge in [-0.25, -0.2) is 0 Å². The van der Waals surface area contributed by atoms with Crippen LogP contribution in [0.3, 0.4) is 0 Å². The number of unbranched alkanes of at least 4 members (excludes halogenated alkanes) is 23. The quantitative estimate of drug-likeness (QED) is 0.0197. The van der Waals surface area contributed by atoms with Gasteiger partial charge in [-0.05, 0) is 83.5 Å². The van der Waals surface area contributed by atoms with Crippen LogP contribution in [0.1, 0.15) is 219 Å². The molecule has 0 spiro atoms. The smallest absolute Gasteiger partial charge is 0.306 e. The number of phosphoric acid groups is 1. The van der Waals surface area contributed by atoms with Crippen molar-refractivity contribution in [1.82, 2.24) is 0 Å². The van der Waals surface area contributed by atoms with E-state index < -0.39 is 13.9 Å². The van der Waals surface area contributed by atoms with Crippen LogP contribution in [-0.2, 0) is 27.9 Å². The largest absolute Gasteiger partial charge is 0.756 e. The van der Waals surface area contributed by atoms with E-state index in [1.54, 1.807) is 0 Å². The minimum atomic E-state index is -4.54. The summed E-state index contributed by atoms with van der Waals surface area (Å²) in [5.74, 6) is -0.342. The van der Waals surface area contributed by atoms with Crippen LogP contribution < -0.4 is 4.89 Å². The lowest BCUT2D eigenvalue weighted by atomic mass is 10.1. The molecule has 0 aliphatic carbocycles. The molecule has 0 aromatic rings. The van der Waals surface area contributed by atoms with Gasteiger partial charge < -0.3 is 27.9 Å². The van der Waals surface area contributed by atoms with Crippen LogP contribution in [0.4, 0.5) is 0 Å². The fraction of sp³-hybridized carbons (Fsp3) is 0.768. The molecule has 378 valence electrons. The normalized spacial score (nSPS) is 14.1. The number of hydrogen-bond donors (Lipinski definition) is 0. The van der Waals surface area contributed by atoms with E-state index in [0.717, 1.165) is 77.0 Å². The average molecular weight is 932 g/mol. The number of phosphoric ester groups is 1. The SMILES string of the molecule is CC/C=C\C/C=C\C/C=C\C/C=C\C/C=C\CCCCCCCCOCC(COP(=O)([O-])OCC[N+](C)(C)C)OC(=O)CCCCCCCCCCC/C=C\CCCCCCCCCC. The molecule has 0 aliphatic heterocycles. The van der Waals surface area contributed by atoms with E-state index in [1.165, 1.54) is 122 Å². The summed E-state index contributed by atoms with van der Waals surface area (Å²) in [5.41, 5.74) is 0. The van der Waals surface area contributed by atoms with Crippen molar-refractivity contribution in [2.75, 3.05) is 54.1 Å². The number of nitrogens with zero attached hydrogens (tertiary/aromatic N) is 1. The second-order valence-corrected chi connectivity index (χ2v) is 20.3. The summed E-state index contributed by atoms with van der Waals surface area (Å²) in [6.45, 7) is 5.27. The van der Waals surface area contributed by atoms with Gasteiger partial charge in [-0.1, -0.05) is 202 Å². The number of carbonyl (C=O) groups is 1. The van der Waals surface area contributed by atoms with Gasteiger partial charge in [0.25, 0.3) is 7.82 Å². The number of quaternary nitrogens is 1. The molecule has 0 radical (unpaired) electrons. The summed E-state index contributed by atoms with van der Waals surface area (Å²) in [4.78, 5) is 25.2. The Balaban J connectivity index is 4.17. The van der Waals surface area contributed by atoms with Crippen LogP contribution in [0.15, 0.2) is 72.9 Å². The van der Waals surface area contributed by atoms with Gasteiger partial charge in [0, 0.05) is 13.0 Å². The Kier molecular flexibility index (Phi) is 46.9. The molecule has 0 amide bonds. The summed E-state index contributed by atoms with van der Waals surface area (Å²) in [5, 5.41) is 0. The highest BCUT2D eigenvalue weighted by Gasteiger charge is 2.20. The van der Waals surface area contributed by atoms with E-state index >= 15 is 0 Å². The standard InChI is InChI=1S/C56H102NO7P/c1-6-8-10-12-14-16-18-20-22-24-26-28-30-32-34-36-38-40-42-44-46-48-51-61-53-55(54-63-65(59,60)62-52-50-57(3,4)5)64-56(58)49-47-45-43-41-39-37-35-33-31-29-27-25-23-21-19-17-15-13-11-9-7-2/h8,10,14,16,20,22,25-28,32,34,55H,6-7,9,11-13,15,17-19,21,23-24,29-31,33,35-54H2,1-5H3/b10-8-,16-14-,22-20-,27-25-,28-26-,34-32-. The Morgan fingerprint density at radius 1 is 0.492 bits per heavy atom. The molecule has 0 saturated heterocycles. The minimum Gasteiger partial charge on any atom is -0.756 e. The van der Waals surface area contributed by atoms with Gasteiger partial charge in [0.2, 0.25) is 0 Å². The van der Waals surface area contributed by atoms with E-state index in [-0.39, 0.29) is 25.8 Å². The first-order valence-electron chi connectivity index (χ1n) is 26.7. The van der Waals surface area contributed by atoms with Gasteiger partial charge in [0.15, 0.2) is 0 Å². The van der Waals surface area contributed by atoms with E-state index in [4.69, 9.17) is 18.5 Å². The van der Waals surface area contributed by atoms with Crippen molar-refractivity contribution in [1.29, 1.82) is 0 Å². The number of rotatable bonds is 49. The topological polar surface area (TPSA) is 94.1 Å². The van der Waals surface area contributed by atoms with Crippen LogP contribution >= 0.6 is 7.82 Å². The third-order valence-electron chi connectivity index (χ3n) is 11.2. The van der Waals surface area contributed by atoms with Crippen LogP contribution in [0.2, 0.25) is 0 Å². The molecule has 2 unspecified atom stereocenters. The molecule has 8 nitrogen and oxygen atoms in total. The molecule has 0 fully saturated rings. The lowest BCUT2D eigenvalue weighted by molar-refractivity contribution is -0.870. The predicted molar refractivity (Wildman–Crippen MR) is 277 cm³/mol. The van der Waals surface area contributed by atoms with Crippen molar-refractivity contribution in [2.45, 2.75) is 225 Å². The Morgan fingerprint density at radius 3 is 1.35 bits per heavy atom. The van der Waals surface area contributed by atoms with Crippen LogP contribution in [0, 0.1) is 0 Å². The predicted octanol–water partition coefficient (Wildman–Crippen LogP) is 16.0. The van der Waals surface area contributed by atoms with Gasteiger partial charge in [-0.3, -0.25) is 9.36 Å². The molecule has 0 aliphatic rings. The van der Waals surface area contributed by atoms with Gasteiger partial charge in [0.05, 0.1) is 34.4 Å². The van der Waals surface area contributed by atoms with Crippen molar-refractivity contribution in [3.8, 4) is 0 Å². The first-order valence-corrected chi connectivity index (χ1v) is 28.1. The Morgan fingerprint density at radius 2 is 0.892 bits per heavy atom. The number of likely N-dealkylation sites (N-methyl/N-ethyl adjacent to an activating group) is 1. The summed E-state index contributed by atoms with van der Waals surface area (Å²) in [6, 6.07) is 0. The zero-order chi connectivity index (χ0) is 47.6. The van der Waals surface area contributed by atoms with Crippen molar-refractivity contribution in [3.63, 3.8) is 0 Å². The van der Waals surface area contributed by atoms with Crippen molar-refractivity contribution >= 4 is 13.8 Å². The molecule has 2 atom stereocenters. The molecule has 0 N–H and O–H groups in total. The zero-order valence-corrected chi connectivity index (χ0v) is 43.8. The molecule has 0 rings (SSSR count). The number of carbonyl (C=O) groups excluding carboxylic acids is 1. The van der Waals surface area contributed by atoms with Crippen molar-refractivity contribution in [2.24, 2.45) is 0 Å². The first kappa shape index (κ1) is 62.9. The molecule has 0 aromatic heterocycles. The highest BCUT2D eigenvalue weighted by Crippen LogP contribution is 2.38. The molecule has 0 heterocycles. The van der Waals surface area contributed by atoms with Crippen molar-refractivity contribution < 1.29 is 37.3 Å².